The Morgan fingerprint density at radius 2 is 1.60 bits per heavy atom. The van der Waals surface area contributed by atoms with Crippen LogP contribution in [0.2, 0.25) is 0 Å². The maximum absolute atomic E-state index is 14.5. The van der Waals surface area contributed by atoms with Gasteiger partial charge in [0.2, 0.25) is 23.5 Å². The normalized spacial score (nSPS) is 22.2. The van der Waals surface area contributed by atoms with E-state index in [1.165, 1.54) is 23.5 Å². The van der Waals surface area contributed by atoms with Crippen LogP contribution in [0, 0.1) is 29.1 Å². The summed E-state index contributed by atoms with van der Waals surface area (Å²) < 4.78 is 0. The smallest absolute Gasteiger partial charge is 0.287 e. The van der Waals surface area contributed by atoms with Crippen molar-refractivity contribution >= 4 is 35.3 Å². The second kappa shape index (κ2) is 16.0. The van der Waals surface area contributed by atoms with Crippen molar-refractivity contribution < 1.29 is 28.8 Å². The molecule has 1 saturated heterocycles. The topological polar surface area (TPSA) is 194 Å². The van der Waals surface area contributed by atoms with Crippen LogP contribution in [-0.4, -0.2) is 80.9 Å². The molecule has 13 heteroatoms. The largest absolute Gasteiger partial charge is 0.363 e. The molecule has 5 amide bonds. The molecule has 2 heterocycles. The van der Waals surface area contributed by atoms with Gasteiger partial charge in [-0.25, -0.2) is 4.98 Å². The van der Waals surface area contributed by atoms with Gasteiger partial charge in [0.25, 0.3) is 11.8 Å². The van der Waals surface area contributed by atoms with Crippen LogP contribution in [0.4, 0.5) is 0 Å². The summed E-state index contributed by atoms with van der Waals surface area (Å²) >= 11 is 0. The first-order valence-electron chi connectivity index (χ1n) is 17.5. The van der Waals surface area contributed by atoms with Gasteiger partial charge in [0.1, 0.15) is 23.8 Å². The lowest BCUT2D eigenvalue weighted by molar-refractivity contribution is -0.146. The van der Waals surface area contributed by atoms with Crippen molar-refractivity contribution in [3.63, 3.8) is 0 Å². The number of hydrogen-bond acceptors (Lipinski definition) is 8. The number of rotatable bonds is 13. The van der Waals surface area contributed by atoms with Crippen LogP contribution in [0.5, 0.6) is 0 Å². The Kier molecular flexibility index (Phi) is 12.3. The van der Waals surface area contributed by atoms with Gasteiger partial charge < -0.3 is 26.6 Å². The standard InChI is InChI=1S/C35H53N7O6/c1-20(2)23-14-17-42(27(23)33(47)39-24(28(43)30(36)44)18-21-10-9-11-21)34(48)29(35(3,4)5)41-32(46)26(22-12-7-6-8-13-22)40-31(45)25-19-37-15-16-38-25/h15-16,19-24,26-27,29H,6-14,17-18H2,1-5H3,(H2,36,44)(H,39,47)(H,40,45)(H,41,46)/t23-,24?,26+,27+,29-/m1/s1. The zero-order chi connectivity index (χ0) is 35.2. The lowest BCUT2D eigenvalue weighted by atomic mass is 9.80. The number of primary amides is 1. The van der Waals surface area contributed by atoms with E-state index in [2.05, 4.69) is 25.9 Å². The first-order chi connectivity index (χ1) is 22.7. The number of Topliss-reactive ketones (excluding diaryl/α,β-unsaturated/α-hetero) is 1. The molecule has 0 radical (unpaired) electrons. The predicted molar refractivity (Wildman–Crippen MR) is 178 cm³/mol. The summed E-state index contributed by atoms with van der Waals surface area (Å²) in [5, 5.41) is 8.65. The lowest BCUT2D eigenvalue weighted by Crippen LogP contribution is -2.62. The average Bonchev–Trinajstić information content (AvgIpc) is 3.49. The molecule has 4 rings (SSSR count). The van der Waals surface area contributed by atoms with Gasteiger partial charge >= 0.3 is 0 Å². The van der Waals surface area contributed by atoms with Crippen molar-refractivity contribution in [2.75, 3.05) is 6.54 Å². The lowest BCUT2D eigenvalue weighted by Gasteiger charge is -2.38. The Bertz CT molecular complexity index is 1340. The maximum Gasteiger partial charge on any atom is 0.287 e. The number of hydrogen-bond donors (Lipinski definition) is 4. The van der Waals surface area contributed by atoms with E-state index in [4.69, 9.17) is 5.73 Å². The monoisotopic (exact) mass is 667 g/mol. The van der Waals surface area contributed by atoms with E-state index in [1.807, 2.05) is 34.6 Å². The molecule has 0 spiro atoms. The number of carbonyl (C=O) groups is 6. The fraction of sp³-hybridized carbons (Fsp3) is 0.714. The first-order valence-corrected chi connectivity index (χ1v) is 17.5. The Morgan fingerprint density at radius 1 is 0.917 bits per heavy atom. The summed E-state index contributed by atoms with van der Waals surface area (Å²) in [6, 6.07) is -3.89. The van der Waals surface area contributed by atoms with E-state index < -0.39 is 64.9 Å². The van der Waals surface area contributed by atoms with Gasteiger partial charge in [0.15, 0.2) is 0 Å². The molecule has 5 atom stereocenters. The zero-order valence-corrected chi connectivity index (χ0v) is 29.0. The molecule has 48 heavy (non-hydrogen) atoms. The van der Waals surface area contributed by atoms with Gasteiger partial charge in [-0.1, -0.05) is 73.1 Å². The number of ketones is 1. The summed E-state index contributed by atoms with van der Waals surface area (Å²) in [6.45, 7) is 9.78. The van der Waals surface area contributed by atoms with Gasteiger partial charge in [0.05, 0.1) is 12.2 Å². The van der Waals surface area contributed by atoms with Crippen molar-refractivity contribution in [3.05, 3.63) is 24.3 Å². The highest BCUT2D eigenvalue weighted by atomic mass is 16.2. The number of nitrogens with two attached hydrogens (primary N) is 1. The second-order valence-electron chi connectivity index (χ2n) is 15.2. The molecule has 2 saturated carbocycles. The summed E-state index contributed by atoms with van der Waals surface area (Å²) in [5.74, 6) is -3.95. The van der Waals surface area contributed by atoms with Crippen molar-refractivity contribution in [1.82, 2.24) is 30.8 Å². The van der Waals surface area contributed by atoms with Crippen LogP contribution in [0.1, 0.15) is 109 Å². The molecule has 2 aliphatic carbocycles. The quantitative estimate of drug-likeness (QED) is 0.230. The predicted octanol–water partition coefficient (Wildman–Crippen LogP) is 2.29. The van der Waals surface area contributed by atoms with E-state index in [0.717, 1.165) is 51.4 Å². The minimum Gasteiger partial charge on any atom is -0.363 e. The molecule has 5 N–H and O–H groups in total. The summed E-state index contributed by atoms with van der Waals surface area (Å²) in [7, 11) is 0. The minimum atomic E-state index is -1.10. The first kappa shape index (κ1) is 36.9. The van der Waals surface area contributed by atoms with Crippen LogP contribution in [0.25, 0.3) is 0 Å². The molecule has 1 aliphatic heterocycles. The number of carbonyl (C=O) groups excluding carboxylic acids is 6. The number of nitrogens with zero attached hydrogens (tertiary/aromatic N) is 3. The molecule has 3 fully saturated rings. The average molecular weight is 668 g/mol. The summed E-state index contributed by atoms with van der Waals surface area (Å²) in [5.41, 5.74) is 4.68. The van der Waals surface area contributed by atoms with Crippen LogP contribution in [-0.2, 0) is 24.0 Å². The fourth-order valence-corrected chi connectivity index (χ4v) is 7.36. The van der Waals surface area contributed by atoms with Crippen molar-refractivity contribution in [2.45, 2.75) is 123 Å². The number of amides is 5. The summed E-state index contributed by atoms with van der Waals surface area (Å²) in [6.07, 6.45) is 12.4. The number of aromatic nitrogens is 2. The Balaban J connectivity index is 1.58. The van der Waals surface area contributed by atoms with Gasteiger partial charge in [0, 0.05) is 18.9 Å². The van der Waals surface area contributed by atoms with E-state index in [9.17, 15) is 28.8 Å². The molecule has 1 unspecified atom stereocenters. The van der Waals surface area contributed by atoms with Crippen LogP contribution in [0.15, 0.2) is 18.6 Å². The third-order valence-corrected chi connectivity index (χ3v) is 10.4. The molecule has 1 aromatic heterocycles. The van der Waals surface area contributed by atoms with Gasteiger partial charge in [-0.05, 0) is 54.8 Å². The number of likely N-dealkylation sites (tertiary alicyclic amines) is 1. The van der Waals surface area contributed by atoms with E-state index in [-0.39, 0.29) is 35.9 Å². The Hall–Kier alpha value is -3.90. The molecular weight excluding hydrogens is 614 g/mol. The van der Waals surface area contributed by atoms with Crippen LogP contribution < -0.4 is 21.7 Å². The van der Waals surface area contributed by atoms with Crippen LogP contribution >= 0.6 is 0 Å². The SMILES string of the molecule is CC(C)[C@H]1CCN(C(=O)[C@@H](NC(=O)[C@@H](NC(=O)c2cnccn2)C2CCCCC2)C(C)(C)C)[C@@H]1C(=O)NC(CC1CCC1)C(=O)C(N)=O. The highest BCUT2D eigenvalue weighted by Gasteiger charge is 2.48. The molecule has 0 aromatic carbocycles. The third-order valence-electron chi connectivity index (χ3n) is 10.4. The molecule has 0 bridgehead atoms. The molecule has 264 valence electrons. The fourth-order valence-electron chi connectivity index (χ4n) is 7.36. The van der Waals surface area contributed by atoms with Crippen molar-refractivity contribution in [2.24, 2.45) is 34.8 Å². The van der Waals surface area contributed by atoms with Gasteiger partial charge in [-0.2, -0.15) is 0 Å². The van der Waals surface area contributed by atoms with Crippen molar-refractivity contribution in [1.29, 1.82) is 0 Å². The molecular formula is C35H53N7O6. The van der Waals surface area contributed by atoms with E-state index >= 15 is 0 Å². The number of nitrogens with one attached hydrogen (secondary N) is 3. The molecule has 13 nitrogen and oxygen atoms in total. The highest BCUT2D eigenvalue weighted by Crippen LogP contribution is 2.35. The second-order valence-corrected chi connectivity index (χ2v) is 15.2. The zero-order valence-electron chi connectivity index (χ0n) is 29.0. The minimum absolute atomic E-state index is 0.0325. The molecule has 3 aliphatic rings. The Morgan fingerprint density at radius 3 is 2.15 bits per heavy atom. The third kappa shape index (κ3) is 8.96. The van der Waals surface area contributed by atoms with Gasteiger partial charge in [-0.15, -0.1) is 0 Å². The van der Waals surface area contributed by atoms with E-state index in [1.54, 1.807) is 0 Å². The van der Waals surface area contributed by atoms with Crippen LogP contribution in [0.3, 0.4) is 0 Å². The van der Waals surface area contributed by atoms with Gasteiger partial charge in [-0.3, -0.25) is 33.8 Å². The summed E-state index contributed by atoms with van der Waals surface area (Å²) in [4.78, 5) is 90.0. The van der Waals surface area contributed by atoms with E-state index in [0.29, 0.717) is 12.8 Å². The highest BCUT2D eigenvalue weighted by molar-refractivity contribution is 6.37. The maximum atomic E-state index is 14.5. The van der Waals surface area contributed by atoms with Crippen molar-refractivity contribution in [3.8, 4) is 0 Å². The molecule has 1 aromatic rings. The Labute approximate surface area is 283 Å².